The van der Waals surface area contributed by atoms with E-state index in [1.54, 1.807) is 12.1 Å². The lowest BCUT2D eigenvalue weighted by molar-refractivity contribution is -0.384. The monoisotopic (exact) mass is 574 g/mol. The van der Waals surface area contributed by atoms with E-state index in [1.807, 2.05) is 4.90 Å². The van der Waals surface area contributed by atoms with Crippen molar-refractivity contribution in [3.63, 3.8) is 0 Å². The molecule has 10 nitrogen and oxygen atoms in total. The number of amides is 1. The Balaban J connectivity index is 0.00000385. The van der Waals surface area contributed by atoms with Gasteiger partial charge < -0.3 is 19.9 Å². The summed E-state index contributed by atoms with van der Waals surface area (Å²) in [6.45, 7) is 10.9. The number of nitrogens with zero attached hydrogens (tertiary/aromatic N) is 5. The van der Waals surface area contributed by atoms with Gasteiger partial charge in [0.25, 0.3) is 5.69 Å². The second kappa shape index (κ2) is 13.7. The third-order valence-electron chi connectivity index (χ3n) is 5.94. The molecule has 1 atom stereocenters. The summed E-state index contributed by atoms with van der Waals surface area (Å²) < 4.78 is 5.33. The Hall–Kier alpha value is -1.99. The van der Waals surface area contributed by atoms with Crippen LogP contribution in [0.15, 0.2) is 29.3 Å². The first-order valence-corrected chi connectivity index (χ1v) is 11.3. The van der Waals surface area contributed by atoms with Gasteiger partial charge in [-0.2, -0.15) is 0 Å². The van der Waals surface area contributed by atoms with E-state index in [1.165, 1.54) is 12.1 Å². The van der Waals surface area contributed by atoms with Gasteiger partial charge in [-0.05, 0) is 18.9 Å². The van der Waals surface area contributed by atoms with Crippen molar-refractivity contribution in [2.45, 2.75) is 32.9 Å². The molecular weight excluding hydrogens is 539 g/mol. The van der Waals surface area contributed by atoms with E-state index in [0.717, 1.165) is 44.1 Å². The number of ether oxygens (including phenoxy) is 1. The van der Waals surface area contributed by atoms with Crippen LogP contribution in [0.1, 0.15) is 25.8 Å². The van der Waals surface area contributed by atoms with Crippen LogP contribution < -0.4 is 5.32 Å². The van der Waals surface area contributed by atoms with Gasteiger partial charge >= 0.3 is 0 Å². The van der Waals surface area contributed by atoms with Crippen molar-refractivity contribution in [2.24, 2.45) is 4.99 Å². The lowest BCUT2D eigenvalue weighted by Crippen LogP contribution is -2.55. The zero-order valence-corrected chi connectivity index (χ0v) is 21.8. The number of carbonyl (C=O) groups excluding carboxylic acids is 1. The van der Waals surface area contributed by atoms with Gasteiger partial charge in [-0.1, -0.05) is 19.1 Å². The van der Waals surface area contributed by atoms with Gasteiger partial charge in [0, 0.05) is 57.4 Å². The highest BCUT2D eigenvalue weighted by Gasteiger charge is 2.24. The minimum atomic E-state index is -0.397. The van der Waals surface area contributed by atoms with Crippen LogP contribution in [0.2, 0.25) is 0 Å². The van der Waals surface area contributed by atoms with Crippen molar-refractivity contribution in [3.05, 3.63) is 39.9 Å². The maximum absolute atomic E-state index is 12.5. The molecule has 0 bridgehead atoms. The van der Waals surface area contributed by atoms with Gasteiger partial charge in [-0.25, -0.2) is 4.99 Å². The second-order valence-corrected chi connectivity index (χ2v) is 8.27. The lowest BCUT2D eigenvalue weighted by atomic mass is 10.2. The highest BCUT2D eigenvalue weighted by atomic mass is 127. The fraction of sp³-hybridized carbons (Fsp3) is 0.636. The molecule has 0 radical (unpaired) electrons. The van der Waals surface area contributed by atoms with E-state index in [4.69, 9.17) is 9.73 Å². The minimum absolute atomic E-state index is 0. The molecule has 2 saturated heterocycles. The molecule has 2 aliphatic rings. The van der Waals surface area contributed by atoms with Gasteiger partial charge in [0.15, 0.2) is 5.96 Å². The molecule has 0 aromatic heterocycles. The summed E-state index contributed by atoms with van der Waals surface area (Å²) >= 11 is 0. The SMILES string of the molecule is CCC(C)NC(=NCc1ccc([N+](=O)[O-])cc1)N1CCN(CC(=O)N2CCOCC2)CC1.I. The minimum Gasteiger partial charge on any atom is -0.378 e. The number of carbonyl (C=O) groups is 1. The Morgan fingerprint density at radius 2 is 1.76 bits per heavy atom. The number of nitro benzene ring substituents is 1. The molecule has 1 aromatic rings. The number of hydrogen-bond acceptors (Lipinski definition) is 6. The average Bonchev–Trinajstić information content (AvgIpc) is 2.83. The summed E-state index contributed by atoms with van der Waals surface area (Å²) in [6.07, 6.45) is 0.977. The number of morpholine rings is 1. The number of non-ortho nitro benzene ring substituents is 1. The summed E-state index contributed by atoms with van der Waals surface area (Å²) in [5.74, 6) is 1.02. The van der Waals surface area contributed by atoms with Gasteiger partial charge in [0.2, 0.25) is 5.91 Å². The van der Waals surface area contributed by atoms with Crippen molar-refractivity contribution < 1.29 is 14.5 Å². The van der Waals surface area contributed by atoms with E-state index >= 15 is 0 Å². The molecule has 11 heteroatoms. The van der Waals surface area contributed by atoms with Crippen molar-refractivity contribution in [1.82, 2.24) is 20.0 Å². The molecule has 1 unspecified atom stereocenters. The van der Waals surface area contributed by atoms with E-state index in [2.05, 4.69) is 29.0 Å². The molecular formula is C22H35IN6O4. The molecule has 0 saturated carbocycles. The molecule has 1 amide bonds. The summed E-state index contributed by atoms with van der Waals surface area (Å²) in [5, 5.41) is 14.4. The molecule has 0 spiro atoms. The zero-order chi connectivity index (χ0) is 22.9. The number of rotatable bonds is 7. The van der Waals surface area contributed by atoms with E-state index in [0.29, 0.717) is 39.4 Å². The van der Waals surface area contributed by atoms with Gasteiger partial charge in [0.1, 0.15) is 0 Å². The van der Waals surface area contributed by atoms with Crippen LogP contribution >= 0.6 is 24.0 Å². The lowest BCUT2D eigenvalue weighted by Gasteiger charge is -2.38. The Morgan fingerprint density at radius 3 is 2.33 bits per heavy atom. The van der Waals surface area contributed by atoms with Crippen molar-refractivity contribution >= 4 is 41.5 Å². The third-order valence-corrected chi connectivity index (χ3v) is 5.94. The normalized spacial score (nSPS) is 18.4. The molecule has 1 N–H and O–H groups in total. The van der Waals surface area contributed by atoms with E-state index in [9.17, 15) is 14.9 Å². The molecule has 2 aliphatic heterocycles. The maximum Gasteiger partial charge on any atom is 0.269 e. The standard InChI is InChI=1S/C22H34N6O4.HI/c1-3-18(2)24-22(23-16-19-4-6-20(7-5-19)28(30)31)27-10-8-25(9-11-27)17-21(29)26-12-14-32-15-13-26;/h4-7,18H,3,8-17H2,1-2H3,(H,23,24);1H. The number of nitrogens with one attached hydrogen (secondary N) is 1. The highest BCUT2D eigenvalue weighted by molar-refractivity contribution is 14.0. The predicted molar refractivity (Wildman–Crippen MR) is 138 cm³/mol. The van der Waals surface area contributed by atoms with Crippen LogP contribution in [0, 0.1) is 10.1 Å². The van der Waals surface area contributed by atoms with E-state index < -0.39 is 4.92 Å². The number of aliphatic imine (C=N–C) groups is 1. The largest absolute Gasteiger partial charge is 0.378 e. The fourth-order valence-corrected chi connectivity index (χ4v) is 3.67. The average molecular weight is 574 g/mol. The van der Waals surface area contributed by atoms with Crippen LogP contribution in [-0.4, -0.2) is 96.6 Å². The number of nitro groups is 1. The number of hydrogen-bond donors (Lipinski definition) is 1. The Bertz CT molecular complexity index is 793. The third kappa shape index (κ3) is 8.38. The second-order valence-electron chi connectivity index (χ2n) is 8.27. The first-order valence-electron chi connectivity index (χ1n) is 11.3. The Morgan fingerprint density at radius 1 is 1.12 bits per heavy atom. The number of guanidine groups is 1. The molecule has 3 rings (SSSR count). The van der Waals surface area contributed by atoms with Gasteiger partial charge in [0.05, 0.1) is 31.2 Å². The first kappa shape index (κ1) is 27.3. The van der Waals surface area contributed by atoms with Gasteiger partial charge in [-0.15, -0.1) is 24.0 Å². The fourth-order valence-electron chi connectivity index (χ4n) is 3.67. The van der Waals surface area contributed by atoms with Crippen LogP contribution in [0.25, 0.3) is 0 Å². The summed E-state index contributed by atoms with van der Waals surface area (Å²) in [7, 11) is 0. The number of halogens is 1. The first-order chi connectivity index (χ1) is 15.5. The summed E-state index contributed by atoms with van der Waals surface area (Å²) in [6, 6.07) is 6.80. The smallest absolute Gasteiger partial charge is 0.269 e. The van der Waals surface area contributed by atoms with Crippen LogP contribution in [0.5, 0.6) is 0 Å². The highest BCUT2D eigenvalue weighted by Crippen LogP contribution is 2.13. The molecule has 2 fully saturated rings. The van der Waals surface area contributed by atoms with E-state index in [-0.39, 0.29) is 41.6 Å². The van der Waals surface area contributed by atoms with Gasteiger partial charge in [-0.3, -0.25) is 19.8 Å². The molecule has 0 aliphatic carbocycles. The van der Waals surface area contributed by atoms with Crippen molar-refractivity contribution in [2.75, 3.05) is 59.0 Å². The quantitative estimate of drug-likeness (QED) is 0.175. The number of piperazine rings is 1. The number of benzene rings is 1. The zero-order valence-electron chi connectivity index (χ0n) is 19.4. The Kier molecular flexibility index (Phi) is 11.3. The van der Waals surface area contributed by atoms with Crippen molar-refractivity contribution in [1.29, 1.82) is 0 Å². The van der Waals surface area contributed by atoms with Crippen LogP contribution in [-0.2, 0) is 16.1 Å². The van der Waals surface area contributed by atoms with Crippen LogP contribution in [0.3, 0.4) is 0 Å². The molecule has 33 heavy (non-hydrogen) atoms. The topological polar surface area (TPSA) is 104 Å². The summed E-state index contributed by atoms with van der Waals surface area (Å²) in [4.78, 5) is 34.1. The Labute approximate surface area is 212 Å². The molecule has 2 heterocycles. The van der Waals surface area contributed by atoms with Crippen molar-refractivity contribution in [3.8, 4) is 0 Å². The molecule has 184 valence electrons. The molecule has 1 aromatic carbocycles. The van der Waals surface area contributed by atoms with Crippen LogP contribution in [0.4, 0.5) is 5.69 Å². The maximum atomic E-state index is 12.5. The summed E-state index contributed by atoms with van der Waals surface area (Å²) in [5.41, 5.74) is 1.01. The predicted octanol–water partition coefficient (Wildman–Crippen LogP) is 1.93.